The number of amides is 2. The molecule has 1 fully saturated rings. The number of hydrogen-bond acceptors (Lipinski definition) is 3. The maximum absolute atomic E-state index is 11.1. The molecule has 0 spiro atoms. The highest BCUT2D eigenvalue weighted by Gasteiger charge is 2.25. The highest BCUT2D eigenvalue weighted by atomic mass is 16.5. The fraction of sp³-hybridized carbons (Fsp3) is 0.364. The summed E-state index contributed by atoms with van der Waals surface area (Å²) in [6.07, 6.45) is 0. The van der Waals surface area contributed by atoms with Gasteiger partial charge in [0.2, 0.25) is 0 Å². The second-order valence-electron chi connectivity index (χ2n) is 3.49. The lowest BCUT2D eigenvalue weighted by Gasteiger charge is -2.16. The third-order valence-electron chi connectivity index (χ3n) is 2.58. The monoisotopic (exact) mass is 222 g/mol. The highest BCUT2D eigenvalue weighted by molar-refractivity contribution is 5.77. The van der Waals surface area contributed by atoms with E-state index in [1.165, 1.54) is 0 Å². The number of nitrogens with one attached hydrogen (secondary N) is 2. The topological polar surface area (TPSA) is 59.6 Å². The summed E-state index contributed by atoms with van der Waals surface area (Å²) in [4.78, 5) is 11.1. The van der Waals surface area contributed by atoms with Crippen LogP contribution in [-0.2, 0) is 0 Å². The molecular weight excluding hydrogens is 208 g/mol. The lowest BCUT2D eigenvalue weighted by Crippen LogP contribution is -2.22. The van der Waals surface area contributed by atoms with Crippen LogP contribution in [0.25, 0.3) is 0 Å². The van der Waals surface area contributed by atoms with Crippen molar-refractivity contribution >= 4 is 6.03 Å². The fourth-order valence-electron chi connectivity index (χ4n) is 1.83. The molecule has 0 aromatic heterocycles. The van der Waals surface area contributed by atoms with Crippen molar-refractivity contribution in [2.45, 2.75) is 6.04 Å². The molecule has 1 atom stereocenters. The summed E-state index contributed by atoms with van der Waals surface area (Å²) in [7, 11) is 3.18. The molecule has 5 nitrogen and oxygen atoms in total. The Morgan fingerprint density at radius 1 is 1.31 bits per heavy atom. The van der Waals surface area contributed by atoms with Crippen LogP contribution < -0.4 is 20.1 Å². The van der Waals surface area contributed by atoms with Gasteiger partial charge in [-0.15, -0.1) is 0 Å². The van der Waals surface area contributed by atoms with Crippen molar-refractivity contribution in [2.24, 2.45) is 0 Å². The maximum Gasteiger partial charge on any atom is 0.315 e. The molecule has 1 aromatic rings. The average molecular weight is 222 g/mol. The predicted molar refractivity (Wildman–Crippen MR) is 58.8 cm³/mol. The molecule has 1 saturated heterocycles. The molecule has 2 amide bonds. The molecular formula is C11H14N2O3. The molecule has 1 aromatic carbocycles. The molecule has 0 bridgehead atoms. The molecule has 2 rings (SSSR count). The first-order chi connectivity index (χ1) is 7.76. The van der Waals surface area contributed by atoms with E-state index in [1.807, 2.05) is 18.2 Å². The Balaban J connectivity index is 2.36. The Labute approximate surface area is 93.7 Å². The van der Waals surface area contributed by atoms with Crippen molar-refractivity contribution in [2.75, 3.05) is 20.8 Å². The van der Waals surface area contributed by atoms with E-state index in [4.69, 9.17) is 9.47 Å². The number of rotatable bonds is 3. The Bertz CT molecular complexity index is 406. The van der Waals surface area contributed by atoms with E-state index in [-0.39, 0.29) is 12.1 Å². The van der Waals surface area contributed by atoms with Crippen LogP contribution in [0.2, 0.25) is 0 Å². The minimum atomic E-state index is -0.158. The van der Waals surface area contributed by atoms with Gasteiger partial charge in [0.1, 0.15) is 0 Å². The zero-order valence-corrected chi connectivity index (χ0v) is 9.24. The van der Waals surface area contributed by atoms with E-state index < -0.39 is 0 Å². The summed E-state index contributed by atoms with van der Waals surface area (Å²) in [5.41, 5.74) is 0.917. The molecule has 0 saturated carbocycles. The third-order valence-corrected chi connectivity index (χ3v) is 2.58. The van der Waals surface area contributed by atoms with E-state index in [1.54, 1.807) is 14.2 Å². The molecule has 2 N–H and O–H groups in total. The van der Waals surface area contributed by atoms with Crippen LogP contribution in [0.4, 0.5) is 4.79 Å². The molecule has 0 aliphatic carbocycles. The molecule has 5 heteroatoms. The molecule has 0 radical (unpaired) electrons. The van der Waals surface area contributed by atoms with Crippen LogP contribution >= 0.6 is 0 Å². The van der Waals surface area contributed by atoms with Crippen LogP contribution in [0.5, 0.6) is 11.5 Å². The normalized spacial score (nSPS) is 18.9. The van der Waals surface area contributed by atoms with Gasteiger partial charge in [-0.05, 0) is 6.07 Å². The Hall–Kier alpha value is -1.91. The van der Waals surface area contributed by atoms with Gasteiger partial charge in [0, 0.05) is 12.1 Å². The number of ether oxygens (including phenoxy) is 2. The maximum atomic E-state index is 11.1. The molecule has 1 aliphatic rings. The van der Waals surface area contributed by atoms with Crippen molar-refractivity contribution in [3.63, 3.8) is 0 Å². The standard InChI is InChI=1S/C11H14N2O3/c1-15-9-5-3-4-7(10(9)16-2)8-6-12-11(14)13-8/h3-5,8H,6H2,1-2H3,(H2,12,13,14)/t8-/m1/s1. The van der Waals surface area contributed by atoms with E-state index >= 15 is 0 Å². The van der Waals surface area contributed by atoms with Crippen molar-refractivity contribution < 1.29 is 14.3 Å². The van der Waals surface area contributed by atoms with Gasteiger partial charge < -0.3 is 20.1 Å². The summed E-state index contributed by atoms with van der Waals surface area (Å²) in [6.45, 7) is 0.558. The summed E-state index contributed by atoms with van der Waals surface area (Å²) >= 11 is 0. The molecule has 1 aliphatic heterocycles. The number of carbonyl (C=O) groups excluding carboxylic acids is 1. The minimum Gasteiger partial charge on any atom is -0.493 e. The second kappa shape index (κ2) is 4.30. The predicted octanol–water partition coefficient (Wildman–Crippen LogP) is 1.06. The summed E-state index contributed by atoms with van der Waals surface area (Å²) in [5, 5.41) is 5.52. The van der Waals surface area contributed by atoms with Gasteiger partial charge >= 0.3 is 6.03 Å². The first-order valence-corrected chi connectivity index (χ1v) is 5.01. The zero-order chi connectivity index (χ0) is 11.5. The van der Waals surface area contributed by atoms with Crippen molar-refractivity contribution in [1.82, 2.24) is 10.6 Å². The van der Waals surface area contributed by atoms with Gasteiger partial charge in [0.15, 0.2) is 11.5 Å². The fourth-order valence-corrected chi connectivity index (χ4v) is 1.83. The number of para-hydroxylation sites is 1. The lowest BCUT2D eigenvalue weighted by atomic mass is 10.1. The van der Waals surface area contributed by atoms with E-state index in [0.717, 1.165) is 5.56 Å². The zero-order valence-electron chi connectivity index (χ0n) is 9.24. The Morgan fingerprint density at radius 3 is 2.69 bits per heavy atom. The van der Waals surface area contributed by atoms with Crippen LogP contribution in [0.3, 0.4) is 0 Å². The first-order valence-electron chi connectivity index (χ1n) is 5.01. The van der Waals surface area contributed by atoms with E-state index in [9.17, 15) is 4.79 Å². The third kappa shape index (κ3) is 1.76. The largest absolute Gasteiger partial charge is 0.493 e. The van der Waals surface area contributed by atoms with Gasteiger partial charge in [0.05, 0.1) is 20.3 Å². The summed E-state index contributed by atoms with van der Waals surface area (Å²) < 4.78 is 10.5. The van der Waals surface area contributed by atoms with Crippen LogP contribution in [0, 0.1) is 0 Å². The molecule has 0 unspecified atom stereocenters. The van der Waals surface area contributed by atoms with Gasteiger partial charge in [-0.1, -0.05) is 12.1 Å². The summed E-state index contributed by atoms with van der Waals surface area (Å²) in [6, 6.07) is 5.39. The van der Waals surface area contributed by atoms with Gasteiger partial charge in [0.25, 0.3) is 0 Å². The molecule has 16 heavy (non-hydrogen) atoms. The summed E-state index contributed by atoms with van der Waals surface area (Å²) in [5.74, 6) is 1.33. The van der Waals surface area contributed by atoms with Gasteiger partial charge in [-0.2, -0.15) is 0 Å². The smallest absolute Gasteiger partial charge is 0.315 e. The van der Waals surface area contributed by atoms with Crippen molar-refractivity contribution in [1.29, 1.82) is 0 Å². The molecule has 1 heterocycles. The quantitative estimate of drug-likeness (QED) is 0.803. The van der Waals surface area contributed by atoms with Crippen molar-refractivity contribution in [3.8, 4) is 11.5 Å². The van der Waals surface area contributed by atoms with Gasteiger partial charge in [-0.25, -0.2) is 4.79 Å². The average Bonchev–Trinajstić information content (AvgIpc) is 2.74. The number of hydrogen-bond donors (Lipinski definition) is 2. The Morgan fingerprint density at radius 2 is 2.12 bits per heavy atom. The van der Waals surface area contributed by atoms with Crippen LogP contribution in [0.1, 0.15) is 11.6 Å². The second-order valence-corrected chi connectivity index (χ2v) is 3.49. The number of benzene rings is 1. The lowest BCUT2D eigenvalue weighted by molar-refractivity contribution is 0.247. The highest BCUT2D eigenvalue weighted by Crippen LogP contribution is 2.34. The SMILES string of the molecule is COc1cccc([C@H]2CNC(=O)N2)c1OC. The first kappa shape index (κ1) is 10.6. The van der Waals surface area contributed by atoms with Crippen LogP contribution in [0.15, 0.2) is 18.2 Å². The van der Waals surface area contributed by atoms with Crippen molar-refractivity contribution in [3.05, 3.63) is 23.8 Å². The number of methoxy groups -OCH3 is 2. The Kier molecular flexibility index (Phi) is 2.85. The van der Waals surface area contributed by atoms with E-state index in [0.29, 0.717) is 18.0 Å². The molecule has 86 valence electrons. The van der Waals surface area contributed by atoms with E-state index in [2.05, 4.69) is 10.6 Å². The number of carbonyl (C=O) groups is 1. The van der Waals surface area contributed by atoms with Crippen LogP contribution in [-0.4, -0.2) is 26.8 Å². The number of urea groups is 1. The van der Waals surface area contributed by atoms with Gasteiger partial charge in [-0.3, -0.25) is 0 Å². The minimum absolute atomic E-state index is 0.0717.